The van der Waals surface area contributed by atoms with E-state index in [1.165, 1.54) is 37.1 Å². The van der Waals surface area contributed by atoms with Gasteiger partial charge in [0.25, 0.3) is 0 Å². The van der Waals surface area contributed by atoms with Gasteiger partial charge in [-0.15, -0.1) is 0 Å². The van der Waals surface area contributed by atoms with Gasteiger partial charge in [0.2, 0.25) is 0 Å². The summed E-state index contributed by atoms with van der Waals surface area (Å²) < 4.78 is 23.3. The number of hydrogen-bond acceptors (Lipinski definition) is 4. The third kappa shape index (κ3) is 6.67. The van der Waals surface area contributed by atoms with Crippen LogP contribution in [0.3, 0.4) is 0 Å². The monoisotopic (exact) mass is 358 g/mol. The van der Waals surface area contributed by atoms with E-state index < -0.39 is 11.8 Å². The van der Waals surface area contributed by atoms with Crippen LogP contribution in [0.1, 0.15) is 55.8 Å². The molecule has 0 bridgehead atoms. The van der Waals surface area contributed by atoms with Gasteiger partial charge in [-0.25, -0.2) is 9.18 Å². The van der Waals surface area contributed by atoms with Crippen LogP contribution in [0.2, 0.25) is 0 Å². The fourth-order valence-electron chi connectivity index (χ4n) is 2.38. The molecule has 2 aromatic rings. The molecule has 4 nitrogen and oxygen atoms in total. The Hall–Kier alpha value is -2.69. The van der Waals surface area contributed by atoms with E-state index in [0.717, 1.165) is 19.3 Å². The first-order valence-electron chi connectivity index (χ1n) is 8.87. The lowest BCUT2D eigenvalue weighted by atomic mass is 10.1. The highest BCUT2D eigenvalue weighted by Crippen LogP contribution is 2.19. The van der Waals surface area contributed by atoms with Gasteiger partial charge in [-0.05, 0) is 55.0 Å². The van der Waals surface area contributed by atoms with E-state index in [4.69, 9.17) is 9.47 Å². The summed E-state index contributed by atoms with van der Waals surface area (Å²) in [4.78, 5) is 23.7. The van der Waals surface area contributed by atoms with E-state index >= 15 is 0 Å². The molecule has 0 radical (unpaired) electrons. The molecule has 0 fully saturated rings. The summed E-state index contributed by atoms with van der Waals surface area (Å²) in [5.74, 6) is -0.540. The molecule has 0 atom stereocenters. The first-order valence-corrected chi connectivity index (χ1v) is 8.87. The summed E-state index contributed by atoms with van der Waals surface area (Å²) in [5, 5.41) is 0. The fraction of sp³-hybridized carbons (Fsp3) is 0.333. The second kappa shape index (κ2) is 10.3. The van der Waals surface area contributed by atoms with E-state index in [2.05, 4.69) is 6.92 Å². The van der Waals surface area contributed by atoms with Gasteiger partial charge >= 0.3 is 11.9 Å². The average Bonchev–Trinajstić information content (AvgIpc) is 2.63. The standard InChI is InChI=1S/C21H23FO4/c1-2-3-4-5-6-7-20(23)25-18-12-14-19(15-13-18)26-21(24)16-8-10-17(22)11-9-16/h8-15H,2-7H2,1H3. The van der Waals surface area contributed by atoms with Gasteiger partial charge in [-0.3, -0.25) is 4.79 Å². The largest absolute Gasteiger partial charge is 0.427 e. The Labute approximate surface area is 152 Å². The van der Waals surface area contributed by atoms with Gasteiger partial charge < -0.3 is 9.47 Å². The van der Waals surface area contributed by atoms with E-state index in [9.17, 15) is 14.0 Å². The molecule has 5 heteroatoms. The lowest BCUT2D eigenvalue weighted by molar-refractivity contribution is -0.134. The molecule has 0 unspecified atom stereocenters. The minimum absolute atomic E-state index is 0.255. The van der Waals surface area contributed by atoms with Crippen molar-refractivity contribution in [3.63, 3.8) is 0 Å². The SMILES string of the molecule is CCCCCCCC(=O)Oc1ccc(OC(=O)c2ccc(F)cc2)cc1. The average molecular weight is 358 g/mol. The summed E-state index contributed by atoms with van der Waals surface area (Å²) in [5.41, 5.74) is 0.255. The molecule has 0 saturated heterocycles. The molecule has 0 aliphatic heterocycles. The third-order valence-corrected chi connectivity index (χ3v) is 3.83. The maximum atomic E-state index is 12.9. The van der Waals surface area contributed by atoms with Crippen LogP contribution in [-0.4, -0.2) is 11.9 Å². The number of rotatable bonds is 9. The quantitative estimate of drug-likeness (QED) is 0.346. The molecular formula is C21H23FO4. The molecule has 0 saturated carbocycles. The number of ether oxygens (including phenoxy) is 2. The summed E-state index contributed by atoms with van der Waals surface area (Å²) >= 11 is 0. The highest BCUT2D eigenvalue weighted by Gasteiger charge is 2.10. The molecule has 2 rings (SSSR count). The van der Waals surface area contributed by atoms with Gasteiger partial charge in [-0.1, -0.05) is 32.6 Å². The summed E-state index contributed by atoms with van der Waals surface area (Å²) in [7, 11) is 0. The molecule has 26 heavy (non-hydrogen) atoms. The van der Waals surface area contributed by atoms with Crippen molar-refractivity contribution in [3.05, 3.63) is 59.9 Å². The third-order valence-electron chi connectivity index (χ3n) is 3.83. The summed E-state index contributed by atoms with van der Waals surface area (Å²) in [6.45, 7) is 2.15. The van der Waals surface area contributed by atoms with Crippen LogP contribution in [0.4, 0.5) is 4.39 Å². The Bertz CT molecular complexity index is 708. The number of benzene rings is 2. The van der Waals surface area contributed by atoms with Crippen LogP contribution >= 0.6 is 0 Å². The Morgan fingerprint density at radius 2 is 1.38 bits per heavy atom. The zero-order valence-electron chi connectivity index (χ0n) is 14.9. The Kier molecular flexibility index (Phi) is 7.80. The lowest BCUT2D eigenvalue weighted by Gasteiger charge is -2.07. The summed E-state index contributed by atoms with van der Waals surface area (Å²) in [6.07, 6.45) is 5.74. The molecule has 0 spiro atoms. The summed E-state index contributed by atoms with van der Waals surface area (Å²) in [6, 6.07) is 11.3. The highest BCUT2D eigenvalue weighted by molar-refractivity contribution is 5.91. The minimum Gasteiger partial charge on any atom is -0.427 e. The number of carbonyl (C=O) groups is 2. The molecule has 0 heterocycles. The zero-order chi connectivity index (χ0) is 18.8. The van der Waals surface area contributed by atoms with Crippen molar-refractivity contribution in [1.29, 1.82) is 0 Å². The van der Waals surface area contributed by atoms with Crippen molar-refractivity contribution >= 4 is 11.9 Å². The normalized spacial score (nSPS) is 10.4. The number of esters is 2. The topological polar surface area (TPSA) is 52.6 Å². The van der Waals surface area contributed by atoms with E-state index in [-0.39, 0.29) is 11.5 Å². The van der Waals surface area contributed by atoms with Gasteiger partial charge in [0.05, 0.1) is 5.56 Å². The molecule has 0 aliphatic carbocycles. The number of hydrogen-bond donors (Lipinski definition) is 0. The fourth-order valence-corrected chi connectivity index (χ4v) is 2.38. The van der Waals surface area contributed by atoms with Crippen LogP contribution in [0.5, 0.6) is 11.5 Å². The first kappa shape index (κ1) is 19.6. The smallest absolute Gasteiger partial charge is 0.343 e. The van der Waals surface area contributed by atoms with Crippen molar-refractivity contribution in [2.45, 2.75) is 45.4 Å². The molecule has 0 N–H and O–H groups in total. The molecule has 138 valence electrons. The number of halogens is 1. The predicted octanol–water partition coefficient (Wildman–Crippen LogP) is 5.31. The molecule has 0 aromatic heterocycles. The maximum Gasteiger partial charge on any atom is 0.343 e. The van der Waals surface area contributed by atoms with Crippen LogP contribution in [0.15, 0.2) is 48.5 Å². The lowest BCUT2D eigenvalue weighted by Crippen LogP contribution is -2.09. The van der Waals surface area contributed by atoms with E-state index in [0.29, 0.717) is 17.9 Å². The van der Waals surface area contributed by atoms with Gasteiger partial charge in [-0.2, -0.15) is 0 Å². The predicted molar refractivity (Wildman–Crippen MR) is 96.8 cm³/mol. The van der Waals surface area contributed by atoms with Crippen LogP contribution in [0.25, 0.3) is 0 Å². The molecule has 0 aliphatic rings. The van der Waals surface area contributed by atoms with Crippen molar-refractivity contribution in [2.24, 2.45) is 0 Å². The van der Waals surface area contributed by atoms with Crippen LogP contribution in [0, 0.1) is 5.82 Å². The first-order chi connectivity index (χ1) is 12.6. The highest BCUT2D eigenvalue weighted by atomic mass is 19.1. The molecule has 0 amide bonds. The van der Waals surface area contributed by atoms with Crippen molar-refractivity contribution in [3.8, 4) is 11.5 Å². The maximum absolute atomic E-state index is 12.9. The Morgan fingerprint density at radius 1 is 0.808 bits per heavy atom. The van der Waals surface area contributed by atoms with Crippen LogP contribution in [-0.2, 0) is 4.79 Å². The van der Waals surface area contributed by atoms with Gasteiger partial charge in [0.1, 0.15) is 17.3 Å². The van der Waals surface area contributed by atoms with E-state index in [1.54, 1.807) is 24.3 Å². The van der Waals surface area contributed by atoms with Crippen molar-refractivity contribution in [1.82, 2.24) is 0 Å². The number of carbonyl (C=O) groups excluding carboxylic acids is 2. The minimum atomic E-state index is -0.582. The zero-order valence-corrected chi connectivity index (χ0v) is 14.9. The Morgan fingerprint density at radius 3 is 2.00 bits per heavy atom. The van der Waals surface area contributed by atoms with Gasteiger partial charge in [0.15, 0.2) is 0 Å². The molecule has 2 aromatic carbocycles. The van der Waals surface area contributed by atoms with Crippen LogP contribution < -0.4 is 9.47 Å². The van der Waals surface area contributed by atoms with E-state index in [1.807, 2.05) is 0 Å². The Balaban J connectivity index is 1.79. The van der Waals surface area contributed by atoms with Crippen molar-refractivity contribution < 1.29 is 23.5 Å². The second-order valence-corrected chi connectivity index (χ2v) is 6.01. The number of unbranched alkanes of at least 4 members (excludes halogenated alkanes) is 4. The van der Waals surface area contributed by atoms with Gasteiger partial charge in [0, 0.05) is 6.42 Å². The second-order valence-electron chi connectivity index (χ2n) is 6.01. The molecular weight excluding hydrogens is 335 g/mol. The van der Waals surface area contributed by atoms with Crippen molar-refractivity contribution in [2.75, 3.05) is 0 Å².